The van der Waals surface area contributed by atoms with Crippen LogP contribution in [0.15, 0.2) is 53.5 Å². The van der Waals surface area contributed by atoms with Crippen LogP contribution in [0.4, 0.5) is 10.1 Å². The van der Waals surface area contributed by atoms with Crippen molar-refractivity contribution in [2.45, 2.75) is 26.8 Å². The van der Waals surface area contributed by atoms with Crippen LogP contribution in [0, 0.1) is 5.82 Å². The molecule has 5 nitrogen and oxygen atoms in total. The van der Waals surface area contributed by atoms with Crippen LogP contribution in [-0.2, 0) is 17.8 Å². The number of benzene rings is 2. The van der Waals surface area contributed by atoms with E-state index in [-0.39, 0.29) is 35.7 Å². The van der Waals surface area contributed by atoms with E-state index in [1.54, 1.807) is 12.1 Å². The summed E-state index contributed by atoms with van der Waals surface area (Å²) in [6.45, 7) is 5.60. The predicted octanol–water partition coefficient (Wildman–Crippen LogP) is 4.04. The second kappa shape index (κ2) is 12.3. The van der Waals surface area contributed by atoms with Crippen molar-refractivity contribution in [2.24, 2.45) is 4.99 Å². The molecule has 7 heteroatoms. The third-order valence-corrected chi connectivity index (χ3v) is 3.97. The Morgan fingerprint density at radius 2 is 1.68 bits per heavy atom. The molecule has 2 aromatic carbocycles. The van der Waals surface area contributed by atoms with E-state index in [1.165, 1.54) is 19.1 Å². The highest BCUT2D eigenvalue weighted by molar-refractivity contribution is 14.0. The van der Waals surface area contributed by atoms with Crippen molar-refractivity contribution in [2.75, 3.05) is 25.5 Å². The molecule has 0 spiro atoms. The number of aliphatic imine (C=N–C) groups is 1. The SMILES string of the molecule is CCNC(=NCCc1ccc(NC(C)=O)cc1)N(C)Cc1ccc(F)cc1.I. The lowest BCUT2D eigenvalue weighted by Crippen LogP contribution is -2.38. The van der Waals surface area contributed by atoms with Gasteiger partial charge in [0.2, 0.25) is 5.91 Å². The average molecular weight is 498 g/mol. The topological polar surface area (TPSA) is 56.7 Å². The van der Waals surface area contributed by atoms with Crippen LogP contribution >= 0.6 is 24.0 Å². The van der Waals surface area contributed by atoms with Crippen molar-refractivity contribution in [3.05, 3.63) is 65.5 Å². The van der Waals surface area contributed by atoms with E-state index in [9.17, 15) is 9.18 Å². The van der Waals surface area contributed by atoms with Gasteiger partial charge in [-0.2, -0.15) is 0 Å². The summed E-state index contributed by atoms with van der Waals surface area (Å²) in [6, 6.07) is 14.3. The van der Waals surface area contributed by atoms with Crippen LogP contribution in [0.3, 0.4) is 0 Å². The Morgan fingerprint density at radius 3 is 2.25 bits per heavy atom. The smallest absolute Gasteiger partial charge is 0.221 e. The molecule has 0 fully saturated rings. The van der Waals surface area contributed by atoms with Crippen molar-refractivity contribution in [3.63, 3.8) is 0 Å². The molecule has 2 rings (SSSR count). The second-order valence-electron chi connectivity index (χ2n) is 6.35. The van der Waals surface area contributed by atoms with Crippen molar-refractivity contribution in [3.8, 4) is 0 Å². The second-order valence-corrected chi connectivity index (χ2v) is 6.35. The quantitative estimate of drug-likeness (QED) is 0.344. The number of nitrogens with zero attached hydrogens (tertiary/aromatic N) is 2. The molecule has 0 bridgehead atoms. The van der Waals surface area contributed by atoms with Gasteiger partial charge in [-0.15, -0.1) is 24.0 Å². The minimum atomic E-state index is -0.230. The zero-order valence-electron chi connectivity index (χ0n) is 16.5. The van der Waals surface area contributed by atoms with Gasteiger partial charge in [-0.1, -0.05) is 24.3 Å². The maximum atomic E-state index is 13.0. The van der Waals surface area contributed by atoms with Crippen LogP contribution in [0.1, 0.15) is 25.0 Å². The first-order valence-electron chi connectivity index (χ1n) is 9.08. The monoisotopic (exact) mass is 498 g/mol. The highest BCUT2D eigenvalue weighted by Gasteiger charge is 2.06. The number of guanidine groups is 1. The molecule has 0 heterocycles. The van der Waals surface area contributed by atoms with Gasteiger partial charge in [-0.3, -0.25) is 9.79 Å². The van der Waals surface area contributed by atoms with Gasteiger partial charge in [0.25, 0.3) is 0 Å². The summed E-state index contributed by atoms with van der Waals surface area (Å²) in [5.74, 6) is 0.509. The number of hydrogen-bond donors (Lipinski definition) is 2. The van der Waals surface area contributed by atoms with E-state index in [0.29, 0.717) is 13.1 Å². The van der Waals surface area contributed by atoms with Gasteiger partial charge < -0.3 is 15.5 Å². The molecule has 0 atom stereocenters. The first-order valence-corrected chi connectivity index (χ1v) is 9.08. The summed E-state index contributed by atoms with van der Waals surface area (Å²) in [5.41, 5.74) is 2.98. The Morgan fingerprint density at radius 1 is 1.07 bits per heavy atom. The molecule has 2 N–H and O–H groups in total. The summed E-state index contributed by atoms with van der Waals surface area (Å²) in [7, 11) is 1.97. The van der Waals surface area contributed by atoms with E-state index in [1.807, 2.05) is 43.1 Å². The number of carbonyl (C=O) groups is 1. The van der Waals surface area contributed by atoms with Gasteiger partial charge in [0, 0.05) is 39.3 Å². The molecule has 0 aliphatic carbocycles. The van der Waals surface area contributed by atoms with E-state index < -0.39 is 0 Å². The predicted molar refractivity (Wildman–Crippen MR) is 124 cm³/mol. The van der Waals surface area contributed by atoms with E-state index in [2.05, 4.69) is 15.6 Å². The molecule has 0 radical (unpaired) electrons. The number of rotatable bonds is 7. The molecule has 1 amide bonds. The van der Waals surface area contributed by atoms with Gasteiger partial charge >= 0.3 is 0 Å². The maximum absolute atomic E-state index is 13.0. The number of nitrogens with one attached hydrogen (secondary N) is 2. The lowest BCUT2D eigenvalue weighted by Gasteiger charge is -2.22. The summed E-state index contributed by atoms with van der Waals surface area (Å²) in [5, 5.41) is 6.04. The molecule has 28 heavy (non-hydrogen) atoms. The van der Waals surface area contributed by atoms with Crippen molar-refractivity contribution < 1.29 is 9.18 Å². The van der Waals surface area contributed by atoms with Gasteiger partial charge in [0.15, 0.2) is 5.96 Å². The average Bonchev–Trinajstić information content (AvgIpc) is 2.64. The minimum Gasteiger partial charge on any atom is -0.357 e. The molecule has 0 aliphatic heterocycles. The molecule has 0 unspecified atom stereocenters. The first-order chi connectivity index (χ1) is 13.0. The van der Waals surface area contributed by atoms with Crippen LogP contribution in [-0.4, -0.2) is 36.9 Å². The van der Waals surface area contributed by atoms with Gasteiger partial charge in [-0.05, 0) is 48.7 Å². The molecule has 0 saturated carbocycles. The highest BCUT2D eigenvalue weighted by atomic mass is 127. The van der Waals surface area contributed by atoms with Gasteiger partial charge in [-0.25, -0.2) is 4.39 Å². The molecule has 0 saturated heterocycles. The van der Waals surface area contributed by atoms with Crippen LogP contribution in [0.25, 0.3) is 0 Å². The van der Waals surface area contributed by atoms with Crippen LogP contribution < -0.4 is 10.6 Å². The van der Waals surface area contributed by atoms with Crippen LogP contribution in [0.2, 0.25) is 0 Å². The number of halogens is 2. The van der Waals surface area contributed by atoms with E-state index in [0.717, 1.165) is 35.7 Å². The normalized spacial score (nSPS) is 10.8. The third kappa shape index (κ3) is 8.24. The molecular weight excluding hydrogens is 470 g/mol. The fraction of sp³-hybridized carbons (Fsp3) is 0.333. The number of anilines is 1. The summed E-state index contributed by atoms with van der Waals surface area (Å²) in [6.07, 6.45) is 0.805. The molecule has 2 aromatic rings. The Hall–Kier alpha value is -2.16. The Labute approximate surface area is 183 Å². The molecule has 0 aromatic heterocycles. The number of hydrogen-bond acceptors (Lipinski definition) is 2. The lowest BCUT2D eigenvalue weighted by atomic mass is 10.1. The highest BCUT2D eigenvalue weighted by Crippen LogP contribution is 2.10. The van der Waals surface area contributed by atoms with E-state index in [4.69, 9.17) is 0 Å². The van der Waals surface area contributed by atoms with Gasteiger partial charge in [0.05, 0.1) is 0 Å². The van der Waals surface area contributed by atoms with Crippen molar-refractivity contribution in [1.82, 2.24) is 10.2 Å². The van der Waals surface area contributed by atoms with Crippen molar-refractivity contribution in [1.29, 1.82) is 0 Å². The maximum Gasteiger partial charge on any atom is 0.221 e. The summed E-state index contributed by atoms with van der Waals surface area (Å²) >= 11 is 0. The summed E-state index contributed by atoms with van der Waals surface area (Å²) < 4.78 is 13.0. The molecule has 0 aliphatic rings. The number of amides is 1. The Bertz CT molecular complexity index is 763. The van der Waals surface area contributed by atoms with Crippen LogP contribution in [0.5, 0.6) is 0 Å². The lowest BCUT2D eigenvalue weighted by molar-refractivity contribution is -0.114. The van der Waals surface area contributed by atoms with Gasteiger partial charge in [0.1, 0.15) is 5.82 Å². The Kier molecular flexibility index (Phi) is 10.5. The van der Waals surface area contributed by atoms with E-state index >= 15 is 0 Å². The molecular formula is C21H28FIN4O. The fourth-order valence-corrected chi connectivity index (χ4v) is 2.66. The number of carbonyl (C=O) groups excluding carboxylic acids is 1. The standard InChI is InChI=1S/C21H27FN4O.HI/c1-4-23-21(26(3)15-18-5-9-19(22)10-6-18)24-14-13-17-7-11-20(12-8-17)25-16(2)27;/h5-12H,4,13-15H2,1-3H3,(H,23,24)(H,25,27);1H. The minimum absolute atomic E-state index is 0. The summed E-state index contributed by atoms with van der Waals surface area (Å²) in [4.78, 5) is 17.8. The molecule has 152 valence electrons. The third-order valence-electron chi connectivity index (χ3n) is 3.97. The largest absolute Gasteiger partial charge is 0.357 e. The van der Waals surface area contributed by atoms with Crippen molar-refractivity contribution >= 4 is 41.5 Å². The Balaban J connectivity index is 0.00000392. The fourth-order valence-electron chi connectivity index (χ4n) is 2.66. The zero-order chi connectivity index (χ0) is 19.6. The zero-order valence-corrected chi connectivity index (χ0v) is 18.9. The first kappa shape index (κ1) is 23.9.